The summed E-state index contributed by atoms with van der Waals surface area (Å²) in [6, 6.07) is 2.05. The summed E-state index contributed by atoms with van der Waals surface area (Å²) < 4.78 is 32.2. The zero-order chi connectivity index (χ0) is 27.1. The van der Waals surface area contributed by atoms with Gasteiger partial charge in [-0.3, -0.25) is 9.59 Å². The van der Waals surface area contributed by atoms with Crippen LogP contribution in [0.25, 0.3) is 0 Å². The van der Waals surface area contributed by atoms with Crippen molar-refractivity contribution in [3.8, 4) is 11.5 Å². The average Bonchev–Trinajstić information content (AvgIpc) is 3.50. The van der Waals surface area contributed by atoms with E-state index >= 15 is 0 Å². The third-order valence-corrected chi connectivity index (χ3v) is 9.28. The highest BCUT2D eigenvalue weighted by atomic mass is 19.1. The molecular formula is C29H39FN2O6. The summed E-state index contributed by atoms with van der Waals surface area (Å²) in [6.07, 6.45) is 7.81. The van der Waals surface area contributed by atoms with E-state index in [0.717, 1.165) is 38.0 Å². The van der Waals surface area contributed by atoms with Gasteiger partial charge in [-0.2, -0.15) is 0 Å². The molecule has 2 saturated carbocycles. The molecule has 9 heteroatoms. The molecule has 2 aliphatic heterocycles. The van der Waals surface area contributed by atoms with Crippen LogP contribution >= 0.6 is 0 Å². The molecule has 4 fully saturated rings. The summed E-state index contributed by atoms with van der Waals surface area (Å²) >= 11 is 0. The minimum absolute atomic E-state index is 0.0251. The van der Waals surface area contributed by atoms with Crippen LogP contribution in [0.1, 0.15) is 82.0 Å². The van der Waals surface area contributed by atoms with Crippen LogP contribution in [-0.4, -0.2) is 56.1 Å². The first-order chi connectivity index (χ1) is 18.1. The fraction of sp³-hybridized carbons (Fsp3) is 0.690. The lowest BCUT2D eigenvalue weighted by Crippen LogP contribution is -2.53. The molecule has 38 heavy (non-hydrogen) atoms. The van der Waals surface area contributed by atoms with E-state index in [1.54, 1.807) is 0 Å². The van der Waals surface area contributed by atoms with Crippen molar-refractivity contribution >= 4 is 18.1 Å². The number of aldehydes is 1. The molecule has 2 amide bonds. The van der Waals surface area contributed by atoms with Gasteiger partial charge in [0, 0.05) is 18.0 Å². The third kappa shape index (κ3) is 5.26. The van der Waals surface area contributed by atoms with E-state index in [9.17, 15) is 18.8 Å². The number of hydrogen-bond acceptors (Lipinski definition) is 6. The van der Waals surface area contributed by atoms with Gasteiger partial charge in [0.15, 0.2) is 11.6 Å². The Labute approximate surface area is 223 Å². The molecule has 8 nitrogen and oxygen atoms in total. The Hall–Kier alpha value is -2.68. The van der Waals surface area contributed by atoms with Crippen molar-refractivity contribution in [1.82, 2.24) is 10.6 Å². The molecule has 208 valence electrons. The van der Waals surface area contributed by atoms with Crippen LogP contribution in [0.15, 0.2) is 12.1 Å². The van der Waals surface area contributed by atoms with E-state index in [2.05, 4.69) is 17.6 Å². The van der Waals surface area contributed by atoms with Crippen LogP contribution in [0.2, 0.25) is 0 Å². The van der Waals surface area contributed by atoms with Crippen LogP contribution in [0.5, 0.6) is 11.5 Å². The molecule has 4 aliphatic rings. The predicted molar refractivity (Wildman–Crippen MR) is 138 cm³/mol. The first-order valence-electron chi connectivity index (χ1n) is 13.9. The second kappa shape index (κ2) is 10.5. The molecule has 0 aromatic heterocycles. The van der Waals surface area contributed by atoms with Gasteiger partial charge in [0.05, 0.1) is 42.9 Å². The Morgan fingerprint density at radius 1 is 1.08 bits per heavy atom. The fourth-order valence-corrected chi connectivity index (χ4v) is 6.44. The van der Waals surface area contributed by atoms with Crippen LogP contribution < -0.4 is 20.1 Å². The Bertz CT molecular complexity index is 1080. The summed E-state index contributed by atoms with van der Waals surface area (Å²) in [5, 5.41) is 6.11. The maximum absolute atomic E-state index is 14.9. The number of carbonyl (C=O) groups excluding carboxylic acids is 3. The van der Waals surface area contributed by atoms with Gasteiger partial charge >= 0.3 is 0 Å². The average molecular weight is 531 g/mol. The second-order valence-electron chi connectivity index (χ2n) is 12.3. The normalized spacial score (nSPS) is 33.2. The van der Waals surface area contributed by atoms with Gasteiger partial charge in [0.25, 0.3) is 5.91 Å². The van der Waals surface area contributed by atoms with E-state index in [0.29, 0.717) is 32.2 Å². The van der Waals surface area contributed by atoms with Crippen molar-refractivity contribution in [2.45, 2.75) is 96.0 Å². The van der Waals surface area contributed by atoms with Crippen molar-refractivity contribution < 1.29 is 33.0 Å². The summed E-state index contributed by atoms with van der Waals surface area (Å²) in [5.74, 6) is -1.58. The first-order valence-corrected chi connectivity index (χ1v) is 13.9. The maximum atomic E-state index is 14.9. The number of benzene rings is 1. The molecule has 5 rings (SSSR count). The molecule has 2 aliphatic carbocycles. The van der Waals surface area contributed by atoms with Gasteiger partial charge in [0.1, 0.15) is 12.0 Å². The van der Waals surface area contributed by atoms with Gasteiger partial charge < -0.3 is 29.6 Å². The van der Waals surface area contributed by atoms with Crippen molar-refractivity contribution in [3.63, 3.8) is 0 Å². The van der Waals surface area contributed by atoms with Gasteiger partial charge in [-0.25, -0.2) is 4.39 Å². The standard InChI is InChI=1S/C29H39FN2O6/c1-28(9-4-10-28)15-31-27(35)24-20-5-6-21(38-20)25(24)32-26(34)18-13-23(19(30)14-22(18)36-3)37-17-7-11-29(2,16-33)12-8-17/h13-14,16-17,20-21,24-25H,4-12,15H2,1-3H3,(H,31,35)(H,32,34)/t17?,20-,21+,24+,25-,29?/m0/s1. The topological polar surface area (TPSA) is 103 Å². The molecule has 4 atom stereocenters. The van der Waals surface area contributed by atoms with Crippen molar-refractivity contribution in [2.75, 3.05) is 13.7 Å². The van der Waals surface area contributed by atoms with E-state index in [-0.39, 0.29) is 52.1 Å². The molecular weight excluding hydrogens is 491 g/mol. The van der Waals surface area contributed by atoms with Gasteiger partial charge in [-0.1, -0.05) is 20.3 Å². The van der Waals surface area contributed by atoms with Crippen molar-refractivity contribution in [3.05, 3.63) is 23.5 Å². The van der Waals surface area contributed by atoms with Crippen LogP contribution in [0.4, 0.5) is 4.39 Å². The number of ether oxygens (including phenoxy) is 3. The van der Waals surface area contributed by atoms with Crippen LogP contribution in [0, 0.1) is 22.6 Å². The number of amides is 2. The maximum Gasteiger partial charge on any atom is 0.255 e. The molecule has 2 heterocycles. The molecule has 1 aromatic rings. The summed E-state index contributed by atoms with van der Waals surface area (Å²) in [5.41, 5.74) is -0.0826. The quantitative estimate of drug-likeness (QED) is 0.469. The lowest BCUT2D eigenvalue weighted by Gasteiger charge is -2.39. The predicted octanol–water partition coefficient (Wildman–Crippen LogP) is 3.94. The SMILES string of the molecule is COc1cc(F)c(OC2CCC(C)(C=O)CC2)cc1C(=O)N[C@@H]1[C@H](C(=O)NCC2(C)CCC2)[C@@H]2CC[C@H]1O2. The zero-order valence-corrected chi connectivity index (χ0v) is 22.5. The molecule has 1 aromatic carbocycles. The zero-order valence-electron chi connectivity index (χ0n) is 22.5. The van der Waals surface area contributed by atoms with E-state index in [1.807, 2.05) is 6.92 Å². The highest BCUT2D eigenvalue weighted by Crippen LogP contribution is 2.42. The second-order valence-corrected chi connectivity index (χ2v) is 12.3. The number of fused-ring (bicyclic) bond motifs is 2. The van der Waals surface area contributed by atoms with Gasteiger partial charge in [-0.05, 0) is 62.8 Å². The largest absolute Gasteiger partial charge is 0.496 e. The number of nitrogens with one attached hydrogen (secondary N) is 2. The fourth-order valence-electron chi connectivity index (χ4n) is 6.44. The monoisotopic (exact) mass is 530 g/mol. The molecule has 2 saturated heterocycles. The highest BCUT2D eigenvalue weighted by Gasteiger charge is 2.53. The lowest BCUT2D eigenvalue weighted by atomic mass is 9.70. The number of rotatable bonds is 9. The molecule has 0 radical (unpaired) electrons. The summed E-state index contributed by atoms with van der Waals surface area (Å²) in [7, 11) is 1.38. The minimum Gasteiger partial charge on any atom is -0.496 e. The van der Waals surface area contributed by atoms with E-state index in [1.165, 1.54) is 19.6 Å². The Kier molecular flexibility index (Phi) is 7.42. The summed E-state index contributed by atoms with van der Waals surface area (Å²) in [4.78, 5) is 38.0. The van der Waals surface area contributed by atoms with Crippen molar-refractivity contribution in [1.29, 1.82) is 0 Å². The number of hydrogen-bond donors (Lipinski definition) is 2. The Morgan fingerprint density at radius 2 is 1.79 bits per heavy atom. The minimum atomic E-state index is -0.618. The lowest BCUT2D eigenvalue weighted by molar-refractivity contribution is -0.127. The van der Waals surface area contributed by atoms with Crippen molar-refractivity contribution in [2.24, 2.45) is 16.7 Å². The number of methoxy groups -OCH3 is 1. The molecule has 2 bridgehead atoms. The number of halogens is 1. The van der Waals surface area contributed by atoms with Gasteiger partial charge in [-0.15, -0.1) is 0 Å². The third-order valence-electron chi connectivity index (χ3n) is 9.28. The van der Waals surface area contributed by atoms with E-state index in [4.69, 9.17) is 14.2 Å². The smallest absolute Gasteiger partial charge is 0.255 e. The van der Waals surface area contributed by atoms with E-state index < -0.39 is 23.7 Å². The molecule has 2 N–H and O–H groups in total. The molecule has 0 spiro atoms. The Balaban J connectivity index is 1.29. The first kappa shape index (κ1) is 26.9. The molecule has 0 unspecified atom stereocenters. The van der Waals surface area contributed by atoms with Crippen LogP contribution in [0.3, 0.4) is 0 Å². The Morgan fingerprint density at radius 3 is 2.42 bits per heavy atom. The van der Waals surface area contributed by atoms with Crippen LogP contribution in [-0.2, 0) is 14.3 Å². The summed E-state index contributed by atoms with van der Waals surface area (Å²) in [6.45, 7) is 4.73. The van der Waals surface area contributed by atoms with Gasteiger partial charge in [0.2, 0.25) is 5.91 Å². The number of carbonyl (C=O) groups is 3. The highest BCUT2D eigenvalue weighted by molar-refractivity contribution is 5.98.